The summed E-state index contributed by atoms with van der Waals surface area (Å²) < 4.78 is 1.92. The molecule has 4 rings (SSSR count). The molecule has 2 aliphatic carbocycles. The number of hydrogen-bond acceptors (Lipinski definition) is 3. The van der Waals surface area contributed by atoms with Crippen molar-refractivity contribution in [1.29, 1.82) is 0 Å². The second-order valence-electron chi connectivity index (χ2n) is 8.50. The van der Waals surface area contributed by atoms with Gasteiger partial charge in [0.05, 0.1) is 11.2 Å². The van der Waals surface area contributed by atoms with Crippen molar-refractivity contribution in [2.45, 2.75) is 76.4 Å². The predicted octanol–water partition coefficient (Wildman–Crippen LogP) is 2.48. The number of amides is 1. The fourth-order valence-corrected chi connectivity index (χ4v) is 3.59. The van der Waals surface area contributed by atoms with Crippen LogP contribution in [-0.4, -0.2) is 45.8 Å². The number of carbonyl (C=O) groups is 1. The van der Waals surface area contributed by atoms with E-state index in [1.54, 1.807) is 0 Å². The Balaban J connectivity index is 1.48. The van der Waals surface area contributed by atoms with Gasteiger partial charge in [-0.05, 0) is 58.9 Å². The van der Waals surface area contributed by atoms with Crippen molar-refractivity contribution in [2.24, 2.45) is 0 Å². The Hall–Kier alpha value is -1.36. The van der Waals surface area contributed by atoms with Crippen molar-refractivity contribution in [3.63, 3.8) is 0 Å². The average molecular weight is 316 g/mol. The smallest absolute Gasteiger partial charge is 0.269 e. The molecule has 2 heterocycles. The largest absolute Gasteiger partial charge is 0.347 e. The molecule has 5 nitrogen and oxygen atoms in total. The monoisotopic (exact) mass is 316 g/mol. The van der Waals surface area contributed by atoms with Crippen LogP contribution in [0.5, 0.6) is 0 Å². The van der Waals surface area contributed by atoms with Crippen molar-refractivity contribution in [2.75, 3.05) is 13.1 Å². The van der Waals surface area contributed by atoms with E-state index < -0.39 is 0 Å². The Kier molecular flexibility index (Phi) is 3.52. The normalized spacial score (nSPS) is 25.8. The fraction of sp³-hybridized carbons (Fsp3) is 0.778. The number of aromatic nitrogens is 2. The van der Waals surface area contributed by atoms with Crippen molar-refractivity contribution >= 4 is 5.91 Å². The zero-order valence-corrected chi connectivity index (χ0v) is 14.5. The molecule has 1 amide bonds. The summed E-state index contributed by atoms with van der Waals surface area (Å²) in [7, 11) is 0. The highest BCUT2D eigenvalue weighted by atomic mass is 16.2. The lowest BCUT2D eigenvalue weighted by atomic mass is 10.1. The molecule has 1 saturated heterocycles. The molecule has 2 saturated carbocycles. The first-order valence-corrected chi connectivity index (χ1v) is 9.07. The van der Waals surface area contributed by atoms with Crippen LogP contribution in [0.2, 0.25) is 0 Å². The molecule has 0 unspecified atom stereocenters. The number of rotatable bonds is 4. The first-order valence-electron chi connectivity index (χ1n) is 9.07. The van der Waals surface area contributed by atoms with E-state index in [2.05, 4.69) is 31.0 Å². The molecule has 0 bridgehead atoms. The van der Waals surface area contributed by atoms with Gasteiger partial charge in [0.25, 0.3) is 5.91 Å². The van der Waals surface area contributed by atoms with Gasteiger partial charge in [0.1, 0.15) is 5.69 Å². The summed E-state index contributed by atoms with van der Waals surface area (Å²) in [4.78, 5) is 15.4. The number of hydrogen-bond donors (Lipinski definition) is 1. The molecule has 1 aromatic rings. The molecule has 1 atom stereocenters. The summed E-state index contributed by atoms with van der Waals surface area (Å²) in [6, 6.07) is 3.10. The number of carbonyl (C=O) groups excluding carboxylic acids is 1. The molecule has 0 spiro atoms. The lowest BCUT2D eigenvalue weighted by molar-refractivity contribution is 0.0919. The predicted molar refractivity (Wildman–Crippen MR) is 89.7 cm³/mol. The van der Waals surface area contributed by atoms with Crippen molar-refractivity contribution in [1.82, 2.24) is 20.0 Å². The van der Waals surface area contributed by atoms with E-state index in [0.29, 0.717) is 5.92 Å². The highest BCUT2D eigenvalue weighted by Gasteiger charge is 2.36. The minimum atomic E-state index is -0.171. The van der Waals surface area contributed by atoms with E-state index in [4.69, 9.17) is 5.10 Å². The minimum absolute atomic E-state index is 0.0435. The lowest BCUT2D eigenvalue weighted by Crippen LogP contribution is -2.39. The maximum absolute atomic E-state index is 12.8. The second kappa shape index (κ2) is 5.33. The van der Waals surface area contributed by atoms with Crippen LogP contribution >= 0.6 is 0 Å². The van der Waals surface area contributed by atoms with Crippen LogP contribution in [0.3, 0.4) is 0 Å². The van der Waals surface area contributed by atoms with Gasteiger partial charge in [-0.2, -0.15) is 5.10 Å². The molecular formula is C18H28N4O. The van der Waals surface area contributed by atoms with Gasteiger partial charge in [0.15, 0.2) is 0 Å². The first-order chi connectivity index (χ1) is 10.9. The van der Waals surface area contributed by atoms with Crippen LogP contribution < -0.4 is 5.32 Å². The molecule has 1 aliphatic heterocycles. The highest BCUT2D eigenvalue weighted by Crippen LogP contribution is 2.40. The SMILES string of the molecule is CC(C)(C)n1nc(C2CC2)cc1C(=O)N[C@H]1CCN(C2CC2)C1. The Bertz CT molecular complexity index is 607. The maximum atomic E-state index is 12.8. The summed E-state index contributed by atoms with van der Waals surface area (Å²) in [6.45, 7) is 8.46. The highest BCUT2D eigenvalue weighted by molar-refractivity contribution is 5.93. The zero-order valence-electron chi connectivity index (χ0n) is 14.5. The van der Waals surface area contributed by atoms with E-state index in [1.165, 1.54) is 25.7 Å². The summed E-state index contributed by atoms with van der Waals surface area (Å²) >= 11 is 0. The van der Waals surface area contributed by atoms with E-state index in [0.717, 1.165) is 36.9 Å². The Morgan fingerprint density at radius 3 is 2.57 bits per heavy atom. The van der Waals surface area contributed by atoms with Gasteiger partial charge in [-0.25, -0.2) is 0 Å². The third-order valence-electron chi connectivity index (χ3n) is 5.21. The molecule has 3 fully saturated rings. The van der Waals surface area contributed by atoms with E-state index >= 15 is 0 Å². The van der Waals surface area contributed by atoms with Gasteiger partial charge in [0.2, 0.25) is 0 Å². The van der Waals surface area contributed by atoms with Crippen molar-refractivity contribution in [3.05, 3.63) is 17.5 Å². The summed E-state index contributed by atoms with van der Waals surface area (Å²) in [5, 5.41) is 7.99. The van der Waals surface area contributed by atoms with Crippen LogP contribution in [0.1, 0.15) is 75.0 Å². The van der Waals surface area contributed by atoms with Gasteiger partial charge < -0.3 is 5.32 Å². The van der Waals surface area contributed by atoms with Gasteiger partial charge in [-0.3, -0.25) is 14.4 Å². The quantitative estimate of drug-likeness (QED) is 0.928. The molecule has 5 heteroatoms. The van der Waals surface area contributed by atoms with Crippen LogP contribution in [-0.2, 0) is 5.54 Å². The second-order valence-corrected chi connectivity index (χ2v) is 8.50. The molecule has 0 radical (unpaired) electrons. The standard InChI is InChI=1S/C18H28N4O/c1-18(2,3)22-16(10-15(20-22)12-4-5-12)17(23)19-13-8-9-21(11-13)14-6-7-14/h10,12-14H,4-9,11H2,1-3H3,(H,19,23)/t13-/m0/s1. The van der Waals surface area contributed by atoms with E-state index in [9.17, 15) is 4.79 Å². The van der Waals surface area contributed by atoms with Crippen LogP contribution in [0.15, 0.2) is 6.07 Å². The summed E-state index contributed by atoms with van der Waals surface area (Å²) in [6.07, 6.45) is 6.16. The molecule has 0 aromatic carbocycles. The third kappa shape index (κ3) is 3.16. The Morgan fingerprint density at radius 1 is 1.22 bits per heavy atom. The van der Waals surface area contributed by atoms with Crippen molar-refractivity contribution < 1.29 is 4.79 Å². The maximum Gasteiger partial charge on any atom is 0.269 e. The number of nitrogens with zero attached hydrogens (tertiary/aromatic N) is 3. The van der Waals surface area contributed by atoms with Gasteiger partial charge in [0, 0.05) is 31.1 Å². The molecular weight excluding hydrogens is 288 g/mol. The minimum Gasteiger partial charge on any atom is -0.347 e. The molecule has 1 N–H and O–H groups in total. The third-order valence-corrected chi connectivity index (χ3v) is 5.21. The molecule has 3 aliphatic rings. The number of nitrogens with one attached hydrogen (secondary N) is 1. The Labute approximate surface area is 138 Å². The zero-order chi connectivity index (χ0) is 16.2. The van der Waals surface area contributed by atoms with Crippen LogP contribution in [0.4, 0.5) is 0 Å². The lowest BCUT2D eigenvalue weighted by Gasteiger charge is -2.23. The average Bonchev–Trinajstić information content (AvgIpc) is 3.41. The van der Waals surface area contributed by atoms with Gasteiger partial charge in [-0.1, -0.05) is 0 Å². The fourth-order valence-electron chi connectivity index (χ4n) is 3.59. The topological polar surface area (TPSA) is 50.2 Å². The van der Waals surface area contributed by atoms with E-state index in [-0.39, 0.29) is 17.5 Å². The van der Waals surface area contributed by atoms with Crippen LogP contribution in [0, 0.1) is 0 Å². The molecule has 126 valence electrons. The molecule has 1 aromatic heterocycles. The summed E-state index contributed by atoms with van der Waals surface area (Å²) in [5.74, 6) is 0.615. The van der Waals surface area contributed by atoms with Gasteiger partial charge >= 0.3 is 0 Å². The van der Waals surface area contributed by atoms with Gasteiger partial charge in [-0.15, -0.1) is 0 Å². The van der Waals surface area contributed by atoms with Crippen LogP contribution in [0.25, 0.3) is 0 Å². The number of likely N-dealkylation sites (tertiary alicyclic amines) is 1. The first kappa shape index (κ1) is 15.2. The van der Waals surface area contributed by atoms with Crippen molar-refractivity contribution in [3.8, 4) is 0 Å². The summed E-state index contributed by atoms with van der Waals surface area (Å²) in [5.41, 5.74) is 1.65. The Morgan fingerprint density at radius 2 is 1.96 bits per heavy atom. The van der Waals surface area contributed by atoms with E-state index in [1.807, 2.05) is 10.7 Å². The molecule has 23 heavy (non-hydrogen) atoms.